The predicted molar refractivity (Wildman–Crippen MR) is 108 cm³/mol. The number of aryl methyl sites for hydroxylation is 2. The average molecular weight is 388 g/mol. The Morgan fingerprint density at radius 3 is 2.63 bits per heavy atom. The van der Waals surface area contributed by atoms with Crippen molar-refractivity contribution in [2.45, 2.75) is 39.5 Å². The molecule has 0 unspecified atom stereocenters. The zero-order valence-corrected chi connectivity index (χ0v) is 17.2. The number of ether oxygens (including phenoxy) is 1. The van der Waals surface area contributed by atoms with Crippen LogP contribution in [0.3, 0.4) is 0 Å². The van der Waals surface area contributed by atoms with Crippen LogP contribution < -0.4 is 10.3 Å². The number of hydrogen-bond donors (Lipinski definition) is 1. The zero-order chi connectivity index (χ0) is 19.6. The number of rotatable bonds is 7. The molecule has 1 aromatic carbocycles. The highest BCUT2D eigenvalue weighted by atomic mass is 32.2. The van der Waals surface area contributed by atoms with Gasteiger partial charge in [0.25, 0.3) is 5.56 Å². The Morgan fingerprint density at radius 2 is 1.96 bits per heavy atom. The molecule has 0 saturated carbocycles. The molecule has 0 atom stereocenters. The molecule has 8 heteroatoms. The van der Waals surface area contributed by atoms with Gasteiger partial charge in [0, 0.05) is 18.0 Å². The Balaban J connectivity index is 2.14. The molecule has 0 aliphatic heterocycles. The molecule has 7 nitrogen and oxygen atoms in total. The minimum Gasteiger partial charge on any atom is -0.493 e. The molecular weight excluding hydrogens is 362 g/mol. The van der Waals surface area contributed by atoms with E-state index in [-0.39, 0.29) is 5.56 Å². The fourth-order valence-corrected chi connectivity index (χ4v) is 3.84. The highest BCUT2D eigenvalue weighted by molar-refractivity contribution is 7.97. The SMILES string of the molecule is CCOc1ccc(SN(CC)CC)cc1-c1nn2c(C)nc(C)c2c(=O)[nH]1. The predicted octanol–water partition coefficient (Wildman–Crippen LogP) is 3.45. The van der Waals surface area contributed by atoms with Crippen LogP contribution in [0.5, 0.6) is 5.75 Å². The number of imidazole rings is 1. The largest absolute Gasteiger partial charge is 0.493 e. The van der Waals surface area contributed by atoms with Crippen LogP contribution in [0, 0.1) is 13.8 Å². The van der Waals surface area contributed by atoms with Gasteiger partial charge in [-0.3, -0.25) is 4.79 Å². The van der Waals surface area contributed by atoms with Gasteiger partial charge < -0.3 is 9.72 Å². The van der Waals surface area contributed by atoms with E-state index in [1.165, 1.54) is 0 Å². The second-order valence-electron chi connectivity index (χ2n) is 6.10. The number of nitrogens with one attached hydrogen (secondary N) is 1. The van der Waals surface area contributed by atoms with Gasteiger partial charge in [-0.15, -0.1) is 5.10 Å². The summed E-state index contributed by atoms with van der Waals surface area (Å²) in [6.07, 6.45) is 0. The first-order valence-corrected chi connectivity index (χ1v) is 9.92. The first-order chi connectivity index (χ1) is 13.0. The van der Waals surface area contributed by atoms with Crippen molar-refractivity contribution >= 4 is 17.5 Å². The van der Waals surface area contributed by atoms with Crippen LogP contribution in [0.1, 0.15) is 32.3 Å². The Morgan fingerprint density at radius 1 is 1.22 bits per heavy atom. The monoisotopic (exact) mass is 387 g/mol. The van der Waals surface area contributed by atoms with Crippen molar-refractivity contribution in [2.75, 3.05) is 19.7 Å². The molecular formula is C19H25N5O2S. The van der Waals surface area contributed by atoms with Gasteiger partial charge in [-0.25, -0.2) is 13.8 Å². The first kappa shape index (κ1) is 19.4. The van der Waals surface area contributed by atoms with Crippen molar-refractivity contribution in [1.29, 1.82) is 0 Å². The molecule has 3 rings (SSSR count). The van der Waals surface area contributed by atoms with Gasteiger partial charge in [0.05, 0.1) is 17.9 Å². The van der Waals surface area contributed by atoms with Crippen LogP contribution in [-0.4, -0.2) is 43.6 Å². The molecule has 0 amide bonds. The third-order valence-electron chi connectivity index (χ3n) is 4.28. The Labute approximate surface area is 162 Å². The van der Waals surface area contributed by atoms with Crippen LogP contribution in [0.15, 0.2) is 27.9 Å². The summed E-state index contributed by atoms with van der Waals surface area (Å²) in [5, 5.41) is 4.63. The van der Waals surface area contributed by atoms with E-state index in [9.17, 15) is 4.79 Å². The lowest BCUT2D eigenvalue weighted by Crippen LogP contribution is -2.15. The van der Waals surface area contributed by atoms with Crippen molar-refractivity contribution in [3.8, 4) is 17.1 Å². The van der Waals surface area contributed by atoms with Crippen LogP contribution in [0.25, 0.3) is 16.9 Å². The average Bonchev–Trinajstić information content (AvgIpc) is 2.95. The number of aromatic amines is 1. The second kappa shape index (κ2) is 8.14. The van der Waals surface area contributed by atoms with E-state index in [0.29, 0.717) is 35.2 Å². The lowest BCUT2D eigenvalue weighted by molar-refractivity contribution is 0.341. The Hall–Kier alpha value is -2.32. The second-order valence-corrected chi connectivity index (χ2v) is 7.27. The van der Waals surface area contributed by atoms with E-state index in [1.807, 2.05) is 39.0 Å². The maximum absolute atomic E-state index is 12.6. The third kappa shape index (κ3) is 3.86. The molecule has 0 aliphatic rings. The molecule has 0 saturated heterocycles. The van der Waals surface area contributed by atoms with Crippen LogP contribution in [0.2, 0.25) is 0 Å². The topological polar surface area (TPSA) is 75.5 Å². The number of nitrogens with zero attached hydrogens (tertiary/aromatic N) is 4. The van der Waals surface area contributed by atoms with Gasteiger partial charge >= 0.3 is 0 Å². The Kier molecular flexibility index (Phi) is 5.86. The number of hydrogen-bond acceptors (Lipinski definition) is 6. The van der Waals surface area contributed by atoms with Crippen molar-refractivity contribution in [3.63, 3.8) is 0 Å². The number of fused-ring (bicyclic) bond motifs is 1. The Bertz CT molecular complexity index is 1010. The van der Waals surface area contributed by atoms with Crippen molar-refractivity contribution in [3.05, 3.63) is 40.1 Å². The minimum absolute atomic E-state index is 0.206. The van der Waals surface area contributed by atoms with Gasteiger partial charge in [-0.1, -0.05) is 13.8 Å². The highest BCUT2D eigenvalue weighted by Crippen LogP contribution is 2.33. The van der Waals surface area contributed by atoms with E-state index >= 15 is 0 Å². The molecule has 144 valence electrons. The van der Waals surface area contributed by atoms with Crippen LogP contribution in [-0.2, 0) is 0 Å². The van der Waals surface area contributed by atoms with Crippen LogP contribution in [0.4, 0.5) is 0 Å². The molecule has 0 radical (unpaired) electrons. The first-order valence-electron chi connectivity index (χ1n) is 9.14. The van der Waals surface area contributed by atoms with Gasteiger partial charge in [0.1, 0.15) is 11.6 Å². The van der Waals surface area contributed by atoms with Crippen molar-refractivity contribution in [2.24, 2.45) is 0 Å². The number of benzene rings is 1. The summed E-state index contributed by atoms with van der Waals surface area (Å²) in [5.74, 6) is 1.85. The molecule has 2 aromatic heterocycles. The maximum Gasteiger partial charge on any atom is 0.277 e. The number of aromatic nitrogens is 4. The van der Waals surface area contributed by atoms with Gasteiger partial charge in [0.2, 0.25) is 0 Å². The molecule has 0 spiro atoms. The molecule has 1 N–H and O–H groups in total. The summed E-state index contributed by atoms with van der Waals surface area (Å²) >= 11 is 1.68. The molecule has 0 aliphatic carbocycles. The molecule has 27 heavy (non-hydrogen) atoms. The highest BCUT2D eigenvalue weighted by Gasteiger charge is 2.16. The molecule has 2 heterocycles. The molecule has 0 fully saturated rings. The number of H-pyrrole nitrogens is 1. The van der Waals surface area contributed by atoms with Gasteiger partial charge in [0.15, 0.2) is 11.3 Å². The summed E-state index contributed by atoms with van der Waals surface area (Å²) in [6.45, 7) is 12.3. The summed E-state index contributed by atoms with van der Waals surface area (Å²) in [5.41, 5.74) is 1.70. The lowest BCUT2D eigenvalue weighted by atomic mass is 10.2. The van der Waals surface area contributed by atoms with Crippen LogP contribution >= 0.6 is 11.9 Å². The zero-order valence-electron chi connectivity index (χ0n) is 16.4. The fraction of sp³-hybridized carbons (Fsp3) is 0.421. The summed E-state index contributed by atoms with van der Waals surface area (Å²) < 4.78 is 9.63. The van der Waals surface area contributed by atoms with Crippen molar-refractivity contribution < 1.29 is 4.74 Å². The fourth-order valence-electron chi connectivity index (χ4n) is 2.99. The molecule has 3 aromatic rings. The summed E-state index contributed by atoms with van der Waals surface area (Å²) in [7, 11) is 0. The van der Waals surface area contributed by atoms with Gasteiger partial charge in [-0.05, 0) is 50.9 Å². The minimum atomic E-state index is -0.206. The third-order valence-corrected chi connectivity index (χ3v) is 5.52. The van der Waals surface area contributed by atoms with E-state index < -0.39 is 0 Å². The van der Waals surface area contributed by atoms with Gasteiger partial charge in [-0.2, -0.15) is 0 Å². The quantitative estimate of drug-likeness (QED) is 0.626. The van der Waals surface area contributed by atoms with E-state index in [4.69, 9.17) is 4.74 Å². The smallest absolute Gasteiger partial charge is 0.277 e. The van der Waals surface area contributed by atoms with E-state index in [2.05, 4.69) is 33.2 Å². The summed E-state index contributed by atoms with van der Waals surface area (Å²) in [4.78, 5) is 20.9. The van der Waals surface area contributed by atoms with Crippen molar-refractivity contribution in [1.82, 2.24) is 23.9 Å². The van der Waals surface area contributed by atoms with E-state index in [1.54, 1.807) is 16.5 Å². The molecule has 0 bridgehead atoms. The lowest BCUT2D eigenvalue weighted by Gasteiger charge is -2.18. The normalized spacial score (nSPS) is 11.5. The maximum atomic E-state index is 12.6. The standard InChI is InChI=1S/C19H25N5O2S/c1-6-23(7-2)27-14-9-10-16(26-8-3)15(11-14)18-21-19(25)17-12(4)20-13(5)24(17)22-18/h9-11H,6-8H2,1-5H3,(H,21,22,25). The van der Waals surface area contributed by atoms with E-state index in [0.717, 1.165) is 23.5 Å². The summed E-state index contributed by atoms with van der Waals surface area (Å²) in [6, 6.07) is 5.97.